The van der Waals surface area contributed by atoms with Gasteiger partial charge in [-0.15, -0.1) is 10.2 Å². The van der Waals surface area contributed by atoms with Gasteiger partial charge in [-0.05, 0) is 29.8 Å². The maximum absolute atomic E-state index is 12.2. The van der Waals surface area contributed by atoms with Gasteiger partial charge >= 0.3 is 0 Å². The van der Waals surface area contributed by atoms with E-state index in [1.54, 1.807) is 12.5 Å². The van der Waals surface area contributed by atoms with Gasteiger partial charge in [0.1, 0.15) is 5.76 Å². The first kappa shape index (κ1) is 19.1. The first-order chi connectivity index (χ1) is 14.3. The molecule has 0 saturated carbocycles. The average molecular weight is 408 g/mol. The number of thioether (sulfide) groups is 1. The van der Waals surface area contributed by atoms with Gasteiger partial charge in [-0.1, -0.05) is 42.1 Å². The zero-order chi connectivity index (χ0) is 19.9. The van der Waals surface area contributed by atoms with E-state index in [0.717, 1.165) is 11.3 Å². The number of amides is 1. The molecule has 3 heterocycles. The van der Waals surface area contributed by atoms with Crippen LogP contribution in [0.4, 0.5) is 0 Å². The molecule has 0 radical (unpaired) electrons. The monoisotopic (exact) mass is 408 g/mol. The van der Waals surface area contributed by atoms with E-state index in [1.807, 2.05) is 59.2 Å². The molecule has 0 aliphatic rings. The second-order valence-electron chi connectivity index (χ2n) is 6.32. The van der Waals surface area contributed by atoms with E-state index in [0.29, 0.717) is 36.3 Å². The van der Waals surface area contributed by atoms with Crippen LogP contribution in [0.5, 0.6) is 0 Å². The number of benzene rings is 1. The van der Waals surface area contributed by atoms with Crippen molar-refractivity contribution in [3.8, 4) is 11.6 Å². The van der Waals surface area contributed by atoms with Crippen molar-refractivity contribution in [2.45, 2.75) is 18.1 Å². The summed E-state index contributed by atoms with van der Waals surface area (Å²) >= 11 is 1.35. The maximum atomic E-state index is 12.2. The molecule has 4 aromatic rings. The molecule has 8 heteroatoms. The molecule has 0 bridgehead atoms. The highest BCUT2D eigenvalue weighted by atomic mass is 32.2. The van der Waals surface area contributed by atoms with Crippen molar-refractivity contribution in [2.24, 2.45) is 0 Å². The van der Waals surface area contributed by atoms with Crippen molar-refractivity contribution in [2.75, 3.05) is 12.3 Å². The zero-order valence-corrected chi connectivity index (χ0v) is 16.5. The van der Waals surface area contributed by atoms with Crippen LogP contribution in [0, 0.1) is 0 Å². The largest absolute Gasteiger partial charge is 0.469 e. The maximum Gasteiger partial charge on any atom is 0.230 e. The Bertz CT molecular complexity index is 1030. The molecule has 0 aliphatic carbocycles. The van der Waals surface area contributed by atoms with E-state index < -0.39 is 0 Å². The van der Waals surface area contributed by atoms with Crippen LogP contribution < -0.4 is 5.32 Å². The fourth-order valence-electron chi connectivity index (χ4n) is 2.85. The van der Waals surface area contributed by atoms with Crippen LogP contribution in [-0.4, -0.2) is 33.0 Å². The van der Waals surface area contributed by atoms with Gasteiger partial charge in [-0.3, -0.25) is 9.36 Å². The Morgan fingerprint density at radius 3 is 2.59 bits per heavy atom. The minimum atomic E-state index is -0.0598. The van der Waals surface area contributed by atoms with E-state index in [-0.39, 0.29) is 11.7 Å². The lowest BCUT2D eigenvalue weighted by molar-refractivity contribution is -0.118. The Morgan fingerprint density at radius 2 is 1.83 bits per heavy atom. The highest BCUT2D eigenvalue weighted by Crippen LogP contribution is 2.25. The fourth-order valence-corrected chi connectivity index (χ4v) is 3.62. The van der Waals surface area contributed by atoms with E-state index in [2.05, 4.69) is 15.5 Å². The minimum Gasteiger partial charge on any atom is -0.469 e. The lowest BCUT2D eigenvalue weighted by atomic mass is 10.2. The summed E-state index contributed by atoms with van der Waals surface area (Å²) in [6.07, 6.45) is 3.90. The van der Waals surface area contributed by atoms with Gasteiger partial charge in [0.2, 0.25) is 11.7 Å². The number of hydrogen-bond donors (Lipinski definition) is 1. The van der Waals surface area contributed by atoms with Crippen LogP contribution in [0.3, 0.4) is 0 Å². The summed E-state index contributed by atoms with van der Waals surface area (Å²) in [4.78, 5) is 12.2. The second-order valence-corrected chi connectivity index (χ2v) is 7.27. The molecule has 3 aromatic heterocycles. The van der Waals surface area contributed by atoms with Crippen LogP contribution >= 0.6 is 11.8 Å². The third-order valence-corrected chi connectivity index (χ3v) is 5.21. The lowest BCUT2D eigenvalue weighted by Gasteiger charge is -2.09. The molecular weight excluding hydrogens is 388 g/mol. The molecule has 7 nitrogen and oxygen atoms in total. The standard InChI is InChI=1S/C21H20N4O3S/c26-19(22-11-10-17-8-4-12-27-17)15-29-21-24-23-20(18-9-5-13-28-18)25(21)14-16-6-2-1-3-7-16/h1-9,12-13H,10-11,14-15H2,(H,22,26). The lowest BCUT2D eigenvalue weighted by Crippen LogP contribution is -2.27. The summed E-state index contributed by atoms with van der Waals surface area (Å²) in [5.41, 5.74) is 1.12. The summed E-state index contributed by atoms with van der Waals surface area (Å²) < 4.78 is 12.7. The highest BCUT2D eigenvalue weighted by Gasteiger charge is 2.17. The van der Waals surface area contributed by atoms with Crippen LogP contribution in [0.25, 0.3) is 11.6 Å². The van der Waals surface area contributed by atoms with E-state index in [1.165, 1.54) is 11.8 Å². The number of furan rings is 2. The van der Waals surface area contributed by atoms with Crippen molar-refractivity contribution in [3.05, 3.63) is 78.4 Å². The topological polar surface area (TPSA) is 86.1 Å². The molecule has 29 heavy (non-hydrogen) atoms. The SMILES string of the molecule is O=C(CSc1nnc(-c2ccco2)n1Cc1ccccc1)NCCc1ccco1. The summed E-state index contributed by atoms with van der Waals surface area (Å²) in [5.74, 6) is 2.32. The first-order valence-corrected chi connectivity index (χ1v) is 10.2. The predicted octanol–water partition coefficient (Wildman–Crippen LogP) is 3.63. The predicted molar refractivity (Wildman–Crippen MR) is 109 cm³/mol. The van der Waals surface area contributed by atoms with Crippen molar-refractivity contribution in [3.63, 3.8) is 0 Å². The quantitative estimate of drug-likeness (QED) is 0.426. The van der Waals surface area contributed by atoms with Crippen LogP contribution in [0.2, 0.25) is 0 Å². The molecular formula is C21H20N4O3S. The summed E-state index contributed by atoms with van der Waals surface area (Å²) in [5, 5.41) is 12.1. The smallest absolute Gasteiger partial charge is 0.230 e. The number of nitrogens with zero attached hydrogens (tertiary/aromatic N) is 3. The van der Waals surface area contributed by atoms with E-state index in [9.17, 15) is 4.79 Å². The number of hydrogen-bond acceptors (Lipinski definition) is 6. The van der Waals surface area contributed by atoms with E-state index >= 15 is 0 Å². The summed E-state index contributed by atoms with van der Waals surface area (Å²) in [7, 11) is 0. The van der Waals surface area contributed by atoms with Crippen LogP contribution in [0.1, 0.15) is 11.3 Å². The molecule has 1 N–H and O–H groups in total. The Kier molecular flexibility index (Phi) is 6.11. The van der Waals surface area contributed by atoms with E-state index in [4.69, 9.17) is 8.83 Å². The average Bonchev–Trinajstić information content (AvgIpc) is 3.50. The molecule has 0 aliphatic heterocycles. The number of carbonyl (C=O) groups is 1. The van der Waals surface area contributed by atoms with Gasteiger partial charge in [0.05, 0.1) is 24.8 Å². The van der Waals surface area contributed by atoms with Crippen molar-refractivity contribution < 1.29 is 13.6 Å². The zero-order valence-electron chi connectivity index (χ0n) is 15.7. The first-order valence-electron chi connectivity index (χ1n) is 9.22. The molecule has 0 unspecified atom stereocenters. The molecule has 0 fully saturated rings. The van der Waals surface area contributed by atoms with Crippen LogP contribution in [0.15, 0.2) is 81.1 Å². The Morgan fingerprint density at radius 1 is 1.00 bits per heavy atom. The van der Waals surface area contributed by atoms with Gasteiger partial charge in [0.15, 0.2) is 10.9 Å². The Balaban J connectivity index is 1.41. The van der Waals surface area contributed by atoms with Crippen molar-refractivity contribution in [1.29, 1.82) is 0 Å². The van der Waals surface area contributed by atoms with Gasteiger partial charge in [0.25, 0.3) is 0 Å². The normalized spacial score (nSPS) is 10.9. The molecule has 0 saturated heterocycles. The highest BCUT2D eigenvalue weighted by molar-refractivity contribution is 7.99. The molecule has 1 aromatic carbocycles. The Labute approximate surface area is 172 Å². The summed E-state index contributed by atoms with van der Waals surface area (Å²) in [6, 6.07) is 17.4. The van der Waals surface area contributed by atoms with Crippen LogP contribution in [-0.2, 0) is 17.8 Å². The fraction of sp³-hybridized carbons (Fsp3) is 0.190. The third kappa shape index (κ3) is 4.97. The number of nitrogens with one attached hydrogen (secondary N) is 1. The second kappa shape index (κ2) is 9.29. The molecule has 4 rings (SSSR count). The van der Waals surface area contributed by atoms with Gasteiger partial charge < -0.3 is 14.2 Å². The van der Waals surface area contributed by atoms with Crippen molar-refractivity contribution >= 4 is 17.7 Å². The molecule has 0 atom stereocenters. The van der Waals surface area contributed by atoms with Gasteiger partial charge in [-0.25, -0.2) is 0 Å². The number of aromatic nitrogens is 3. The minimum absolute atomic E-state index is 0.0598. The number of rotatable bonds is 9. The Hall–Kier alpha value is -3.26. The molecule has 1 amide bonds. The van der Waals surface area contributed by atoms with Gasteiger partial charge in [0, 0.05) is 13.0 Å². The molecule has 0 spiro atoms. The third-order valence-electron chi connectivity index (χ3n) is 4.25. The van der Waals surface area contributed by atoms with Crippen molar-refractivity contribution in [1.82, 2.24) is 20.1 Å². The summed E-state index contributed by atoms with van der Waals surface area (Å²) in [6.45, 7) is 1.12. The number of carbonyl (C=O) groups excluding carboxylic acids is 1. The van der Waals surface area contributed by atoms with Gasteiger partial charge in [-0.2, -0.15) is 0 Å². The molecule has 148 valence electrons.